The molecule has 8 heteroatoms. The van der Waals surface area contributed by atoms with Crippen LogP contribution < -0.4 is 10.6 Å². The standard InChI is InChI=1S/C17H19N3O5/c18-8-7-15(21)20-13-5-3-12(4-6-13)17(23)25-11-16(22)19-10-14-2-1-9-24-14/h3-6,14H,1-2,7,9-11H2,(H,19,22)(H,20,21)/t14-/m1/s1. The van der Waals surface area contributed by atoms with Crippen LogP contribution >= 0.6 is 0 Å². The molecule has 0 aromatic heterocycles. The Kier molecular flexibility index (Phi) is 6.92. The Bertz CT molecular complexity index is 660. The Hall–Kier alpha value is -2.92. The number of esters is 1. The zero-order valence-corrected chi connectivity index (χ0v) is 13.6. The lowest BCUT2D eigenvalue weighted by molar-refractivity contribution is -0.124. The van der Waals surface area contributed by atoms with E-state index in [-0.39, 0.29) is 30.6 Å². The van der Waals surface area contributed by atoms with Crippen LogP contribution in [0.2, 0.25) is 0 Å². The molecular weight excluding hydrogens is 326 g/mol. The minimum Gasteiger partial charge on any atom is -0.452 e. The van der Waals surface area contributed by atoms with Crippen LogP contribution in [0.15, 0.2) is 24.3 Å². The Balaban J connectivity index is 1.73. The molecule has 0 aliphatic carbocycles. The van der Waals surface area contributed by atoms with E-state index in [0.717, 1.165) is 12.8 Å². The van der Waals surface area contributed by atoms with Crippen LogP contribution in [-0.2, 0) is 19.1 Å². The number of rotatable bonds is 7. The van der Waals surface area contributed by atoms with Crippen molar-refractivity contribution in [1.29, 1.82) is 5.26 Å². The molecular formula is C17H19N3O5. The summed E-state index contributed by atoms with van der Waals surface area (Å²) in [5.41, 5.74) is 0.719. The molecule has 2 rings (SSSR count). The van der Waals surface area contributed by atoms with E-state index in [1.807, 2.05) is 0 Å². The summed E-state index contributed by atoms with van der Waals surface area (Å²) in [5, 5.41) is 13.6. The summed E-state index contributed by atoms with van der Waals surface area (Å²) in [6.07, 6.45) is 1.69. The first-order valence-electron chi connectivity index (χ1n) is 7.91. The van der Waals surface area contributed by atoms with Crippen molar-refractivity contribution in [2.45, 2.75) is 25.4 Å². The Morgan fingerprint density at radius 2 is 2.00 bits per heavy atom. The SMILES string of the molecule is N#CCC(=O)Nc1ccc(C(=O)OCC(=O)NC[C@H]2CCCO2)cc1. The average Bonchev–Trinajstić information content (AvgIpc) is 3.12. The van der Waals surface area contributed by atoms with Crippen molar-refractivity contribution in [3.63, 3.8) is 0 Å². The first kappa shape index (κ1) is 18.4. The van der Waals surface area contributed by atoms with E-state index in [2.05, 4.69) is 10.6 Å². The lowest BCUT2D eigenvalue weighted by atomic mass is 10.2. The van der Waals surface area contributed by atoms with Gasteiger partial charge in [-0.2, -0.15) is 5.26 Å². The van der Waals surface area contributed by atoms with Crippen molar-refractivity contribution >= 4 is 23.5 Å². The fraction of sp³-hybridized carbons (Fsp3) is 0.412. The van der Waals surface area contributed by atoms with Gasteiger partial charge in [0.25, 0.3) is 5.91 Å². The first-order chi connectivity index (χ1) is 12.1. The predicted octanol–water partition coefficient (Wildman–Crippen LogP) is 0.991. The fourth-order valence-electron chi connectivity index (χ4n) is 2.27. The number of anilines is 1. The number of nitriles is 1. The molecule has 2 N–H and O–H groups in total. The van der Waals surface area contributed by atoms with Crippen molar-refractivity contribution in [1.82, 2.24) is 5.32 Å². The molecule has 2 amide bonds. The van der Waals surface area contributed by atoms with Crippen LogP contribution in [0.3, 0.4) is 0 Å². The van der Waals surface area contributed by atoms with Crippen molar-refractivity contribution in [3.8, 4) is 6.07 Å². The quantitative estimate of drug-likeness (QED) is 0.712. The fourth-order valence-corrected chi connectivity index (χ4v) is 2.27. The Morgan fingerprint density at radius 3 is 2.64 bits per heavy atom. The van der Waals surface area contributed by atoms with Crippen molar-refractivity contribution in [2.75, 3.05) is 25.1 Å². The van der Waals surface area contributed by atoms with Crippen LogP contribution in [0, 0.1) is 11.3 Å². The van der Waals surface area contributed by atoms with Crippen molar-refractivity contribution in [2.24, 2.45) is 0 Å². The molecule has 25 heavy (non-hydrogen) atoms. The molecule has 0 saturated carbocycles. The first-order valence-corrected chi connectivity index (χ1v) is 7.91. The molecule has 1 aliphatic rings. The van der Waals surface area contributed by atoms with Gasteiger partial charge in [-0.15, -0.1) is 0 Å². The Morgan fingerprint density at radius 1 is 1.24 bits per heavy atom. The number of carbonyl (C=O) groups excluding carboxylic acids is 3. The highest BCUT2D eigenvalue weighted by atomic mass is 16.5. The number of nitrogens with one attached hydrogen (secondary N) is 2. The molecule has 1 heterocycles. The minimum atomic E-state index is -0.637. The van der Waals surface area contributed by atoms with Crippen molar-refractivity contribution < 1.29 is 23.9 Å². The number of ether oxygens (including phenoxy) is 2. The van der Waals surface area contributed by atoms with Gasteiger partial charge >= 0.3 is 5.97 Å². The second-order valence-corrected chi connectivity index (χ2v) is 5.48. The molecule has 132 valence electrons. The maximum Gasteiger partial charge on any atom is 0.338 e. The van der Waals surface area contributed by atoms with Crippen LogP contribution in [0.4, 0.5) is 5.69 Å². The van der Waals surface area contributed by atoms with E-state index in [1.54, 1.807) is 6.07 Å². The summed E-state index contributed by atoms with van der Waals surface area (Å²) < 4.78 is 10.3. The third-order valence-electron chi connectivity index (χ3n) is 3.53. The van der Waals surface area contributed by atoms with Gasteiger partial charge in [0.05, 0.1) is 17.7 Å². The molecule has 1 aromatic carbocycles. The van der Waals surface area contributed by atoms with E-state index < -0.39 is 11.9 Å². The number of hydrogen-bond donors (Lipinski definition) is 2. The molecule has 1 saturated heterocycles. The third kappa shape index (κ3) is 6.24. The van der Waals surface area contributed by atoms with E-state index >= 15 is 0 Å². The molecule has 8 nitrogen and oxygen atoms in total. The summed E-state index contributed by atoms with van der Waals surface area (Å²) in [5.74, 6) is -1.45. The van der Waals surface area contributed by atoms with Gasteiger partial charge in [0.15, 0.2) is 6.61 Å². The van der Waals surface area contributed by atoms with Gasteiger partial charge in [-0.1, -0.05) is 0 Å². The molecule has 1 atom stereocenters. The van der Waals surface area contributed by atoms with Crippen molar-refractivity contribution in [3.05, 3.63) is 29.8 Å². The number of hydrogen-bond acceptors (Lipinski definition) is 6. The topological polar surface area (TPSA) is 118 Å². The number of carbonyl (C=O) groups is 3. The van der Waals surface area contributed by atoms with Gasteiger partial charge < -0.3 is 20.1 Å². The van der Waals surface area contributed by atoms with Gasteiger partial charge in [-0.3, -0.25) is 9.59 Å². The number of nitrogens with zero attached hydrogens (tertiary/aromatic N) is 1. The molecule has 1 aliphatic heterocycles. The van der Waals surface area contributed by atoms with Gasteiger partial charge in [0.2, 0.25) is 5.91 Å². The largest absolute Gasteiger partial charge is 0.452 e. The summed E-state index contributed by atoms with van der Waals surface area (Å²) in [4.78, 5) is 34.8. The molecule has 0 unspecified atom stereocenters. The zero-order chi connectivity index (χ0) is 18.1. The second-order valence-electron chi connectivity index (χ2n) is 5.48. The highest BCUT2D eigenvalue weighted by molar-refractivity contribution is 5.94. The summed E-state index contributed by atoms with van der Waals surface area (Å²) in [6.45, 7) is 0.752. The molecule has 0 bridgehead atoms. The summed E-state index contributed by atoms with van der Waals surface area (Å²) >= 11 is 0. The van der Waals surface area contributed by atoms with E-state index in [9.17, 15) is 14.4 Å². The maximum atomic E-state index is 11.9. The lowest BCUT2D eigenvalue weighted by Crippen LogP contribution is -2.34. The van der Waals surface area contributed by atoms with Crippen LogP contribution in [0.25, 0.3) is 0 Å². The average molecular weight is 345 g/mol. The third-order valence-corrected chi connectivity index (χ3v) is 3.53. The highest BCUT2D eigenvalue weighted by Gasteiger charge is 2.17. The molecule has 1 aromatic rings. The van der Waals surface area contributed by atoms with Crippen LogP contribution in [0.5, 0.6) is 0 Å². The minimum absolute atomic E-state index is 0.0310. The molecule has 0 radical (unpaired) electrons. The van der Waals surface area contributed by atoms with E-state index in [1.165, 1.54) is 24.3 Å². The van der Waals surface area contributed by atoms with Crippen LogP contribution in [0.1, 0.15) is 29.6 Å². The molecule has 0 spiro atoms. The van der Waals surface area contributed by atoms with Crippen LogP contribution in [-0.4, -0.2) is 43.6 Å². The monoisotopic (exact) mass is 345 g/mol. The summed E-state index contributed by atoms with van der Waals surface area (Å²) in [7, 11) is 0. The maximum absolute atomic E-state index is 11.9. The second kappa shape index (κ2) is 9.39. The molecule has 1 fully saturated rings. The lowest BCUT2D eigenvalue weighted by Gasteiger charge is -2.11. The highest BCUT2D eigenvalue weighted by Crippen LogP contribution is 2.11. The summed E-state index contributed by atoms with van der Waals surface area (Å²) in [6, 6.07) is 7.71. The van der Waals surface area contributed by atoms with Gasteiger partial charge in [0, 0.05) is 18.8 Å². The smallest absolute Gasteiger partial charge is 0.338 e. The van der Waals surface area contributed by atoms with Gasteiger partial charge in [-0.05, 0) is 37.1 Å². The number of benzene rings is 1. The Labute approximate surface area is 145 Å². The van der Waals surface area contributed by atoms with Gasteiger partial charge in [-0.25, -0.2) is 4.79 Å². The number of amides is 2. The predicted molar refractivity (Wildman–Crippen MR) is 87.6 cm³/mol. The zero-order valence-electron chi connectivity index (χ0n) is 13.6. The van der Waals surface area contributed by atoms with Gasteiger partial charge in [0.1, 0.15) is 6.42 Å². The van der Waals surface area contributed by atoms with E-state index in [4.69, 9.17) is 14.7 Å². The normalized spacial score (nSPS) is 15.9. The van der Waals surface area contributed by atoms with E-state index in [0.29, 0.717) is 18.8 Å².